The smallest absolute Gasteiger partial charge is 0.229 e. The SMILES string of the molecule is CCCC(O)Cc1nc(C(C)(CC)OC)no1. The maximum Gasteiger partial charge on any atom is 0.229 e. The van der Waals surface area contributed by atoms with Crippen LogP contribution >= 0.6 is 0 Å². The number of ether oxygens (including phenoxy) is 1. The molecule has 5 nitrogen and oxygen atoms in total. The van der Waals surface area contributed by atoms with Gasteiger partial charge in [-0.05, 0) is 19.8 Å². The van der Waals surface area contributed by atoms with E-state index < -0.39 is 11.7 Å². The van der Waals surface area contributed by atoms with E-state index in [1.54, 1.807) is 7.11 Å². The van der Waals surface area contributed by atoms with Gasteiger partial charge in [0, 0.05) is 7.11 Å². The van der Waals surface area contributed by atoms with Crippen molar-refractivity contribution in [3.63, 3.8) is 0 Å². The van der Waals surface area contributed by atoms with Gasteiger partial charge in [-0.15, -0.1) is 0 Å². The zero-order chi connectivity index (χ0) is 12.9. The molecular weight excluding hydrogens is 220 g/mol. The van der Waals surface area contributed by atoms with E-state index in [0.29, 0.717) is 18.1 Å². The number of nitrogens with zero attached hydrogens (tertiary/aromatic N) is 2. The highest BCUT2D eigenvalue weighted by Gasteiger charge is 2.30. The second kappa shape index (κ2) is 6.12. The number of hydrogen-bond donors (Lipinski definition) is 1. The average molecular weight is 242 g/mol. The summed E-state index contributed by atoms with van der Waals surface area (Å²) >= 11 is 0. The van der Waals surface area contributed by atoms with Crippen molar-refractivity contribution in [2.75, 3.05) is 7.11 Å². The van der Waals surface area contributed by atoms with Crippen molar-refractivity contribution in [1.29, 1.82) is 0 Å². The highest BCUT2D eigenvalue weighted by molar-refractivity contribution is 4.99. The maximum atomic E-state index is 9.67. The van der Waals surface area contributed by atoms with Gasteiger partial charge < -0.3 is 14.4 Å². The summed E-state index contributed by atoms with van der Waals surface area (Å²) in [5.74, 6) is 1.01. The van der Waals surface area contributed by atoms with Crippen LogP contribution in [0.4, 0.5) is 0 Å². The van der Waals surface area contributed by atoms with E-state index >= 15 is 0 Å². The molecule has 98 valence electrons. The van der Waals surface area contributed by atoms with Crippen LogP contribution < -0.4 is 0 Å². The van der Waals surface area contributed by atoms with Crippen LogP contribution in [0.2, 0.25) is 0 Å². The molecule has 0 saturated heterocycles. The fourth-order valence-electron chi connectivity index (χ4n) is 1.58. The average Bonchev–Trinajstić information content (AvgIpc) is 2.77. The molecule has 1 aromatic heterocycles. The Hall–Kier alpha value is -0.940. The largest absolute Gasteiger partial charge is 0.393 e. The van der Waals surface area contributed by atoms with Gasteiger partial charge >= 0.3 is 0 Å². The van der Waals surface area contributed by atoms with Crippen LogP contribution in [0.15, 0.2) is 4.52 Å². The Balaban J connectivity index is 2.71. The monoisotopic (exact) mass is 242 g/mol. The van der Waals surface area contributed by atoms with Crippen molar-refractivity contribution in [3.05, 3.63) is 11.7 Å². The number of aliphatic hydroxyl groups is 1. The Morgan fingerprint density at radius 1 is 1.47 bits per heavy atom. The molecule has 5 heteroatoms. The van der Waals surface area contributed by atoms with Crippen LogP contribution in [0.5, 0.6) is 0 Å². The molecule has 1 heterocycles. The molecule has 2 atom stereocenters. The third-order valence-corrected chi connectivity index (χ3v) is 3.10. The van der Waals surface area contributed by atoms with Crippen molar-refractivity contribution >= 4 is 0 Å². The van der Waals surface area contributed by atoms with Crippen molar-refractivity contribution in [3.8, 4) is 0 Å². The van der Waals surface area contributed by atoms with Gasteiger partial charge in [0.25, 0.3) is 0 Å². The van der Waals surface area contributed by atoms with E-state index in [1.807, 2.05) is 20.8 Å². The molecule has 2 unspecified atom stereocenters. The molecule has 1 N–H and O–H groups in total. The van der Waals surface area contributed by atoms with Gasteiger partial charge in [-0.2, -0.15) is 4.98 Å². The van der Waals surface area contributed by atoms with Gasteiger partial charge in [-0.1, -0.05) is 25.4 Å². The predicted molar refractivity (Wildman–Crippen MR) is 63.6 cm³/mol. The Kier molecular flexibility index (Phi) is 5.08. The first-order chi connectivity index (χ1) is 8.05. The normalized spacial score (nSPS) is 16.8. The Bertz CT molecular complexity index is 334. The van der Waals surface area contributed by atoms with E-state index in [-0.39, 0.29) is 0 Å². The second-order valence-corrected chi connectivity index (χ2v) is 4.45. The molecule has 0 aliphatic heterocycles. The molecule has 0 amide bonds. The molecule has 0 aromatic carbocycles. The van der Waals surface area contributed by atoms with Crippen LogP contribution in [0.25, 0.3) is 0 Å². The summed E-state index contributed by atoms with van der Waals surface area (Å²) in [5, 5.41) is 13.6. The molecule has 0 saturated carbocycles. The number of aromatic nitrogens is 2. The lowest BCUT2D eigenvalue weighted by Crippen LogP contribution is -2.25. The lowest BCUT2D eigenvalue weighted by molar-refractivity contribution is -0.0106. The van der Waals surface area contributed by atoms with Gasteiger partial charge in [-0.25, -0.2) is 0 Å². The minimum absolute atomic E-state index is 0.407. The van der Waals surface area contributed by atoms with Crippen molar-refractivity contribution in [1.82, 2.24) is 10.1 Å². The molecular formula is C12H22N2O3. The second-order valence-electron chi connectivity index (χ2n) is 4.45. The van der Waals surface area contributed by atoms with Crippen LogP contribution in [0.3, 0.4) is 0 Å². The summed E-state index contributed by atoms with van der Waals surface area (Å²) in [6.07, 6.45) is 2.44. The standard InChI is InChI=1S/C12H22N2O3/c1-5-7-9(15)8-10-13-11(14-17-10)12(3,6-2)16-4/h9,15H,5-8H2,1-4H3. The van der Waals surface area contributed by atoms with Gasteiger partial charge in [0.1, 0.15) is 5.60 Å². The molecule has 0 bridgehead atoms. The lowest BCUT2D eigenvalue weighted by atomic mass is 10.0. The number of aliphatic hydroxyl groups excluding tert-OH is 1. The van der Waals surface area contributed by atoms with E-state index in [9.17, 15) is 5.11 Å². The summed E-state index contributed by atoms with van der Waals surface area (Å²) in [7, 11) is 1.63. The topological polar surface area (TPSA) is 68.4 Å². The molecule has 0 aliphatic carbocycles. The zero-order valence-electron chi connectivity index (χ0n) is 11.1. The fraction of sp³-hybridized carbons (Fsp3) is 0.833. The molecule has 0 aliphatic rings. The molecule has 0 radical (unpaired) electrons. The summed E-state index contributed by atoms with van der Waals surface area (Å²) in [6, 6.07) is 0. The van der Waals surface area contributed by atoms with Crippen LogP contribution in [0, 0.1) is 0 Å². The minimum atomic E-state index is -0.516. The van der Waals surface area contributed by atoms with E-state index in [4.69, 9.17) is 9.26 Å². The lowest BCUT2D eigenvalue weighted by Gasteiger charge is -2.21. The first kappa shape index (κ1) is 14.1. The molecule has 0 spiro atoms. The van der Waals surface area contributed by atoms with Crippen molar-refractivity contribution in [2.24, 2.45) is 0 Å². The summed E-state index contributed by atoms with van der Waals surface area (Å²) in [4.78, 5) is 4.28. The van der Waals surface area contributed by atoms with Gasteiger partial charge in [0.05, 0.1) is 12.5 Å². The van der Waals surface area contributed by atoms with Crippen molar-refractivity contribution in [2.45, 2.75) is 58.2 Å². The van der Waals surface area contributed by atoms with Crippen LogP contribution in [-0.4, -0.2) is 28.5 Å². The number of rotatable bonds is 7. The zero-order valence-corrected chi connectivity index (χ0v) is 11.1. The molecule has 1 rings (SSSR count). The Morgan fingerprint density at radius 2 is 2.18 bits per heavy atom. The maximum absolute atomic E-state index is 9.67. The molecule has 17 heavy (non-hydrogen) atoms. The molecule has 1 aromatic rings. The summed E-state index contributed by atoms with van der Waals surface area (Å²) in [6.45, 7) is 5.96. The van der Waals surface area contributed by atoms with Crippen LogP contribution in [0.1, 0.15) is 51.7 Å². The minimum Gasteiger partial charge on any atom is -0.393 e. The van der Waals surface area contributed by atoms with E-state index in [1.165, 1.54) is 0 Å². The summed E-state index contributed by atoms with van der Waals surface area (Å²) in [5.41, 5.74) is -0.516. The predicted octanol–water partition coefficient (Wildman–Crippen LogP) is 2.04. The first-order valence-electron chi connectivity index (χ1n) is 6.12. The third-order valence-electron chi connectivity index (χ3n) is 3.10. The highest BCUT2D eigenvalue weighted by atomic mass is 16.5. The van der Waals surface area contributed by atoms with Crippen molar-refractivity contribution < 1.29 is 14.4 Å². The third kappa shape index (κ3) is 3.51. The number of hydrogen-bond acceptors (Lipinski definition) is 5. The fourth-order valence-corrected chi connectivity index (χ4v) is 1.58. The van der Waals surface area contributed by atoms with E-state index in [2.05, 4.69) is 10.1 Å². The molecule has 0 fully saturated rings. The highest BCUT2D eigenvalue weighted by Crippen LogP contribution is 2.25. The number of methoxy groups -OCH3 is 1. The van der Waals surface area contributed by atoms with Gasteiger partial charge in [0.15, 0.2) is 0 Å². The summed E-state index contributed by atoms with van der Waals surface area (Å²) < 4.78 is 10.5. The first-order valence-corrected chi connectivity index (χ1v) is 6.12. The Labute approximate surface area is 102 Å². The van der Waals surface area contributed by atoms with Gasteiger partial charge in [-0.3, -0.25) is 0 Å². The van der Waals surface area contributed by atoms with Crippen LogP contribution in [-0.2, 0) is 16.8 Å². The Morgan fingerprint density at radius 3 is 2.71 bits per heavy atom. The quantitative estimate of drug-likeness (QED) is 0.792. The van der Waals surface area contributed by atoms with Gasteiger partial charge in [0.2, 0.25) is 11.7 Å². The van der Waals surface area contributed by atoms with E-state index in [0.717, 1.165) is 19.3 Å².